The molecular weight excluding hydrogens is 623 g/mol. The van der Waals surface area contributed by atoms with E-state index < -0.39 is 28.6 Å². The molecule has 1 aliphatic rings. The first-order chi connectivity index (χ1) is 22.1. The van der Waals surface area contributed by atoms with Crippen LogP contribution in [0.5, 0.6) is 0 Å². The summed E-state index contributed by atoms with van der Waals surface area (Å²) in [5.41, 5.74) is 3.85. The Morgan fingerprint density at radius 2 is 1.85 bits per heavy atom. The van der Waals surface area contributed by atoms with Gasteiger partial charge in [0, 0.05) is 29.4 Å². The number of nitrogens with zero attached hydrogens (tertiary/aromatic N) is 5. The van der Waals surface area contributed by atoms with Crippen LogP contribution in [0.3, 0.4) is 0 Å². The number of piperidine rings is 1. The zero-order valence-corrected chi connectivity index (χ0v) is 25.4. The first-order valence-electron chi connectivity index (χ1n) is 14.6. The fourth-order valence-corrected chi connectivity index (χ4v) is 5.35. The van der Waals surface area contributed by atoms with Crippen LogP contribution < -0.4 is 20.2 Å². The van der Waals surface area contributed by atoms with E-state index in [2.05, 4.69) is 25.8 Å². The van der Waals surface area contributed by atoms with Crippen molar-refractivity contribution in [2.24, 2.45) is 5.10 Å². The quantitative estimate of drug-likeness (QED) is 0.128. The molecule has 0 radical (unpaired) electrons. The number of rotatable bonds is 10. The lowest BCUT2D eigenvalue weighted by Crippen LogP contribution is -2.32. The predicted octanol–water partition coefficient (Wildman–Crippen LogP) is 4.89. The fraction of sp³-hybridized carbons (Fsp3) is 0.281. The summed E-state index contributed by atoms with van der Waals surface area (Å²) in [6, 6.07) is 15.5. The summed E-state index contributed by atoms with van der Waals surface area (Å²) in [7, 11) is 0. The van der Waals surface area contributed by atoms with Crippen LogP contribution >= 0.6 is 11.6 Å². The molecule has 4 aromatic rings. The molecule has 14 heteroatoms. The Labute approximate surface area is 268 Å². The van der Waals surface area contributed by atoms with Crippen molar-refractivity contribution in [1.29, 1.82) is 0 Å². The first kappa shape index (κ1) is 32.6. The number of carbonyl (C=O) groups excluding carboxylic acids is 2. The van der Waals surface area contributed by atoms with Gasteiger partial charge in [0.05, 0.1) is 41.2 Å². The van der Waals surface area contributed by atoms with Gasteiger partial charge < -0.3 is 15.3 Å². The summed E-state index contributed by atoms with van der Waals surface area (Å²) in [5.74, 6) is -1.09. The second-order valence-corrected chi connectivity index (χ2v) is 11.2. The molecule has 1 aliphatic heterocycles. The Balaban J connectivity index is 1.35. The van der Waals surface area contributed by atoms with Crippen molar-refractivity contribution in [3.8, 4) is 0 Å². The van der Waals surface area contributed by atoms with Crippen molar-refractivity contribution in [3.63, 3.8) is 0 Å². The van der Waals surface area contributed by atoms with Gasteiger partial charge >= 0.3 is 6.18 Å². The van der Waals surface area contributed by atoms with E-state index in [4.69, 9.17) is 16.7 Å². The lowest BCUT2D eigenvalue weighted by Gasteiger charge is -2.29. The summed E-state index contributed by atoms with van der Waals surface area (Å²) >= 11 is 5.70. The molecule has 2 heterocycles. The van der Waals surface area contributed by atoms with E-state index in [0.29, 0.717) is 18.7 Å². The minimum Gasteiger partial charge on any atom is -0.393 e. The average molecular weight is 655 g/mol. The van der Waals surface area contributed by atoms with Gasteiger partial charge in [-0.25, -0.2) is 9.99 Å². The molecule has 10 nitrogen and oxygen atoms in total. The molecular formula is C32H32ClF3N7O3+. The Morgan fingerprint density at radius 1 is 1.04 bits per heavy atom. The van der Waals surface area contributed by atoms with Gasteiger partial charge in [-0.2, -0.15) is 18.3 Å². The molecule has 2 amide bonds. The number of hydrogen-bond acceptors (Lipinski definition) is 6. The van der Waals surface area contributed by atoms with Crippen molar-refractivity contribution in [2.45, 2.75) is 38.5 Å². The SMILES string of the molecule is O=C(Nc1ccc(N2CCCCC2)cc1C(=O)NN=Cc1ccc(Cl)c(C(F)(F)F)c1)c1cccc(C[n+]2cnn(CCO)c2)c1. The number of anilines is 2. The highest BCUT2D eigenvalue weighted by atomic mass is 35.5. The molecule has 1 aromatic heterocycles. The monoisotopic (exact) mass is 654 g/mol. The number of aromatic nitrogens is 3. The Hall–Kier alpha value is -4.75. The largest absolute Gasteiger partial charge is 0.417 e. The number of carbonyl (C=O) groups is 2. The van der Waals surface area contributed by atoms with Crippen LogP contribution in [0.25, 0.3) is 0 Å². The van der Waals surface area contributed by atoms with Crippen molar-refractivity contribution in [2.75, 3.05) is 29.9 Å². The Morgan fingerprint density at radius 3 is 2.61 bits per heavy atom. The third kappa shape index (κ3) is 8.29. The maximum Gasteiger partial charge on any atom is 0.417 e. The predicted molar refractivity (Wildman–Crippen MR) is 167 cm³/mol. The molecule has 5 rings (SSSR count). The highest BCUT2D eigenvalue weighted by Gasteiger charge is 2.33. The van der Waals surface area contributed by atoms with Crippen LogP contribution in [0.1, 0.15) is 56.7 Å². The maximum atomic E-state index is 13.4. The zero-order valence-electron chi connectivity index (χ0n) is 24.7. The van der Waals surface area contributed by atoms with Gasteiger partial charge in [-0.05, 0) is 72.9 Å². The van der Waals surface area contributed by atoms with Crippen LogP contribution in [0.2, 0.25) is 5.02 Å². The number of aliphatic hydroxyl groups excluding tert-OH is 1. The minimum absolute atomic E-state index is 0.0339. The van der Waals surface area contributed by atoms with E-state index in [9.17, 15) is 22.8 Å². The standard InChI is InChI=1S/C32H31ClF3N7O3/c33-28-9-7-22(16-27(28)32(34,35)36)18-37-40-31(46)26-17-25(42-11-2-1-3-12-42)8-10-29(26)39-30(45)24-6-4-5-23(15-24)19-41-20-38-43(21-41)13-14-44/h4-10,15-18,20-21,44H,1-3,11-14,19H2,(H-,39,40,45,46)/p+1. The van der Waals surface area contributed by atoms with E-state index in [1.165, 1.54) is 6.07 Å². The fourth-order valence-electron chi connectivity index (χ4n) is 5.12. The van der Waals surface area contributed by atoms with Crippen LogP contribution in [0, 0.1) is 0 Å². The van der Waals surface area contributed by atoms with Gasteiger partial charge in [0.2, 0.25) is 6.33 Å². The molecule has 46 heavy (non-hydrogen) atoms. The van der Waals surface area contributed by atoms with Crippen LogP contribution in [0.15, 0.2) is 78.4 Å². The Bertz CT molecular complexity index is 1740. The van der Waals surface area contributed by atoms with Crippen LogP contribution in [-0.4, -0.2) is 52.6 Å². The molecule has 0 unspecified atom stereocenters. The highest BCUT2D eigenvalue weighted by Crippen LogP contribution is 2.35. The number of hydrogen-bond donors (Lipinski definition) is 3. The van der Waals surface area contributed by atoms with E-state index in [1.54, 1.807) is 47.7 Å². The van der Waals surface area contributed by atoms with E-state index in [-0.39, 0.29) is 23.4 Å². The van der Waals surface area contributed by atoms with Gasteiger partial charge in [-0.1, -0.05) is 29.8 Å². The molecule has 0 bridgehead atoms. The molecule has 3 aromatic carbocycles. The average Bonchev–Trinajstić information content (AvgIpc) is 3.48. The zero-order chi connectivity index (χ0) is 32.7. The molecule has 1 saturated heterocycles. The molecule has 1 fully saturated rings. The van der Waals surface area contributed by atoms with Crippen molar-refractivity contribution in [3.05, 3.63) is 106 Å². The summed E-state index contributed by atoms with van der Waals surface area (Å²) in [5, 5.41) is 19.6. The Kier molecular flexibility index (Phi) is 10.3. The van der Waals surface area contributed by atoms with Gasteiger partial charge in [0.15, 0.2) is 0 Å². The van der Waals surface area contributed by atoms with Gasteiger partial charge in [0.1, 0.15) is 6.54 Å². The molecule has 0 aliphatic carbocycles. The van der Waals surface area contributed by atoms with E-state index >= 15 is 0 Å². The van der Waals surface area contributed by atoms with E-state index in [0.717, 1.165) is 62.0 Å². The molecule has 0 saturated carbocycles. The number of alkyl halides is 3. The number of hydrazone groups is 1. The lowest BCUT2D eigenvalue weighted by molar-refractivity contribution is -0.689. The van der Waals surface area contributed by atoms with Crippen molar-refractivity contribution < 1.29 is 32.4 Å². The summed E-state index contributed by atoms with van der Waals surface area (Å²) < 4.78 is 43.2. The van der Waals surface area contributed by atoms with Gasteiger partial charge in [-0.3, -0.25) is 9.59 Å². The van der Waals surface area contributed by atoms with Crippen molar-refractivity contribution >= 4 is 41.0 Å². The number of amides is 2. The second kappa shape index (κ2) is 14.6. The van der Waals surface area contributed by atoms with Gasteiger partial charge in [0.25, 0.3) is 18.1 Å². The van der Waals surface area contributed by atoms with Crippen LogP contribution in [-0.2, 0) is 19.3 Å². The summed E-state index contributed by atoms with van der Waals surface area (Å²) in [6.07, 6.45) is 2.98. The summed E-state index contributed by atoms with van der Waals surface area (Å²) in [6.45, 7) is 2.43. The highest BCUT2D eigenvalue weighted by molar-refractivity contribution is 6.31. The number of halogens is 4. The summed E-state index contributed by atoms with van der Waals surface area (Å²) in [4.78, 5) is 28.9. The number of benzene rings is 3. The minimum atomic E-state index is -4.64. The maximum absolute atomic E-state index is 13.4. The second-order valence-electron chi connectivity index (χ2n) is 10.8. The third-order valence-electron chi connectivity index (χ3n) is 7.41. The topological polar surface area (TPSA) is 116 Å². The molecule has 240 valence electrons. The number of aliphatic hydroxyl groups is 1. The molecule has 3 N–H and O–H groups in total. The van der Waals surface area contributed by atoms with Gasteiger partial charge in [-0.15, -0.1) is 4.68 Å². The smallest absolute Gasteiger partial charge is 0.393 e. The lowest BCUT2D eigenvalue weighted by atomic mass is 10.1. The van der Waals surface area contributed by atoms with Crippen LogP contribution in [0.4, 0.5) is 24.5 Å². The normalized spacial score (nSPS) is 13.6. The number of nitrogens with one attached hydrogen (secondary N) is 2. The van der Waals surface area contributed by atoms with E-state index in [1.807, 2.05) is 16.7 Å². The molecule has 0 spiro atoms. The third-order valence-corrected chi connectivity index (χ3v) is 7.74. The molecule has 0 atom stereocenters. The van der Waals surface area contributed by atoms with Crippen molar-refractivity contribution in [1.82, 2.24) is 15.2 Å². The first-order valence-corrected chi connectivity index (χ1v) is 15.0.